The largest absolute Gasteiger partial charge is 0.494 e. The molecule has 0 unspecified atom stereocenters. The summed E-state index contributed by atoms with van der Waals surface area (Å²) >= 11 is 0. The van der Waals surface area contributed by atoms with Gasteiger partial charge in [-0.1, -0.05) is 32.9 Å². The summed E-state index contributed by atoms with van der Waals surface area (Å²) in [7, 11) is 0. The number of anilines is 1. The van der Waals surface area contributed by atoms with Gasteiger partial charge in [0.15, 0.2) is 5.82 Å². The molecule has 0 aliphatic carbocycles. The second-order valence-electron chi connectivity index (χ2n) is 7.81. The Labute approximate surface area is 164 Å². The van der Waals surface area contributed by atoms with Crippen LogP contribution in [0.1, 0.15) is 49.5 Å². The van der Waals surface area contributed by atoms with Gasteiger partial charge in [-0.25, -0.2) is 0 Å². The van der Waals surface area contributed by atoms with E-state index >= 15 is 0 Å². The molecule has 5 nitrogen and oxygen atoms in total. The van der Waals surface area contributed by atoms with Gasteiger partial charge < -0.3 is 10.1 Å². The monoisotopic (exact) mass is 383 g/mol. The van der Waals surface area contributed by atoms with Gasteiger partial charge in [0.1, 0.15) is 5.75 Å². The minimum atomic E-state index is -0.336. The number of unbranched alkanes of at least 4 members (excludes halogenated alkanes) is 1. The van der Waals surface area contributed by atoms with Crippen LogP contribution in [0, 0.1) is 0 Å². The Morgan fingerprint density at radius 1 is 1.14 bits per heavy atom. The van der Waals surface area contributed by atoms with Crippen LogP contribution >= 0.6 is 0 Å². The molecule has 0 saturated heterocycles. The lowest BCUT2D eigenvalue weighted by Gasteiger charge is -2.19. The number of amides is 1. The Hall–Kier alpha value is -2.89. The van der Waals surface area contributed by atoms with Gasteiger partial charge in [-0.05, 0) is 54.2 Å². The fraction of sp³-hybridized carbons (Fsp3) is 0.364. The molecular formula is C22H26FN3O2. The molecule has 1 amide bonds. The van der Waals surface area contributed by atoms with Gasteiger partial charge in [-0.3, -0.25) is 14.3 Å². The van der Waals surface area contributed by atoms with Crippen molar-refractivity contribution in [1.82, 2.24) is 10.2 Å². The number of H-pyrrole nitrogens is 1. The number of ether oxygens (including phenoxy) is 1. The number of benzene rings is 2. The number of carbonyl (C=O) groups excluding carboxylic acids is 1. The van der Waals surface area contributed by atoms with Crippen LogP contribution in [0.25, 0.3) is 10.9 Å². The zero-order chi connectivity index (χ0) is 20.1. The van der Waals surface area contributed by atoms with E-state index in [-0.39, 0.29) is 18.0 Å². The topological polar surface area (TPSA) is 67.0 Å². The Balaban J connectivity index is 1.73. The van der Waals surface area contributed by atoms with Crippen LogP contribution in [-0.4, -0.2) is 29.4 Å². The highest BCUT2D eigenvalue weighted by molar-refractivity contribution is 6.08. The first-order valence-electron chi connectivity index (χ1n) is 9.47. The number of hydrogen-bond acceptors (Lipinski definition) is 3. The molecule has 0 atom stereocenters. The maximum atomic E-state index is 12.6. The van der Waals surface area contributed by atoms with Gasteiger partial charge in [-0.15, -0.1) is 0 Å². The highest BCUT2D eigenvalue weighted by Crippen LogP contribution is 2.26. The van der Waals surface area contributed by atoms with Crippen LogP contribution in [0.2, 0.25) is 0 Å². The predicted molar refractivity (Wildman–Crippen MR) is 110 cm³/mol. The summed E-state index contributed by atoms with van der Waals surface area (Å²) in [6.45, 7) is 6.52. The van der Waals surface area contributed by atoms with E-state index in [0.29, 0.717) is 36.6 Å². The van der Waals surface area contributed by atoms with Gasteiger partial charge in [0, 0.05) is 10.9 Å². The Bertz CT molecular complexity index is 943. The molecule has 1 aromatic heterocycles. The minimum Gasteiger partial charge on any atom is -0.494 e. The highest BCUT2D eigenvalue weighted by atomic mass is 19.1. The predicted octanol–water partition coefficient (Wildman–Crippen LogP) is 5.24. The maximum Gasteiger partial charge on any atom is 0.256 e. The SMILES string of the molecule is CC(C)(C)c1ccc(C(=O)Nc2n[nH]c3ccc(OCCCCF)cc23)cc1. The number of hydrogen-bond donors (Lipinski definition) is 2. The maximum absolute atomic E-state index is 12.6. The van der Waals surface area contributed by atoms with E-state index in [4.69, 9.17) is 4.74 Å². The van der Waals surface area contributed by atoms with Crippen molar-refractivity contribution in [3.63, 3.8) is 0 Å². The molecule has 0 aliphatic rings. The lowest BCUT2D eigenvalue weighted by atomic mass is 9.87. The Morgan fingerprint density at radius 3 is 2.57 bits per heavy atom. The fourth-order valence-corrected chi connectivity index (χ4v) is 2.87. The molecule has 0 aliphatic heterocycles. The molecule has 1 heterocycles. The van der Waals surface area contributed by atoms with E-state index in [2.05, 4.69) is 36.3 Å². The van der Waals surface area contributed by atoms with Crippen molar-refractivity contribution >= 4 is 22.6 Å². The first kappa shape index (κ1) is 19.9. The minimum absolute atomic E-state index is 0.0357. The van der Waals surface area contributed by atoms with Crippen molar-refractivity contribution in [2.24, 2.45) is 0 Å². The van der Waals surface area contributed by atoms with E-state index in [1.807, 2.05) is 42.5 Å². The Kier molecular flexibility index (Phi) is 5.97. The third-order valence-electron chi connectivity index (χ3n) is 4.58. The van der Waals surface area contributed by atoms with E-state index in [0.717, 1.165) is 10.9 Å². The molecule has 0 bridgehead atoms. The summed E-state index contributed by atoms with van der Waals surface area (Å²) in [5.74, 6) is 0.898. The molecule has 0 fully saturated rings. The fourth-order valence-electron chi connectivity index (χ4n) is 2.87. The quantitative estimate of drug-likeness (QED) is 0.548. The van der Waals surface area contributed by atoms with Crippen LogP contribution in [-0.2, 0) is 5.41 Å². The van der Waals surface area contributed by atoms with Crippen molar-refractivity contribution in [2.45, 2.75) is 39.0 Å². The number of rotatable bonds is 7. The third-order valence-corrected chi connectivity index (χ3v) is 4.58. The summed E-state index contributed by atoms with van der Waals surface area (Å²) in [5.41, 5.74) is 2.58. The average Bonchev–Trinajstić information content (AvgIpc) is 3.07. The van der Waals surface area contributed by atoms with Crippen molar-refractivity contribution < 1.29 is 13.9 Å². The zero-order valence-corrected chi connectivity index (χ0v) is 16.5. The average molecular weight is 383 g/mol. The van der Waals surface area contributed by atoms with E-state index in [1.165, 1.54) is 5.56 Å². The molecule has 3 rings (SSSR count). The van der Waals surface area contributed by atoms with Gasteiger partial charge in [0.05, 0.1) is 18.8 Å². The number of alkyl halides is 1. The molecule has 3 aromatic rings. The number of halogens is 1. The number of nitrogens with one attached hydrogen (secondary N) is 2. The van der Waals surface area contributed by atoms with E-state index in [1.54, 1.807) is 0 Å². The molecule has 28 heavy (non-hydrogen) atoms. The van der Waals surface area contributed by atoms with Crippen LogP contribution < -0.4 is 10.1 Å². The van der Waals surface area contributed by atoms with Crippen LogP contribution in [0.15, 0.2) is 42.5 Å². The highest BCUT2D eigenvalue weighted by Gasteiger charge is 2.16. The lowest BCUT2D eigenvalue weighted by molar-refractivity contribution is 0.102. The normalized spacial score (nSPS) is 11.6. The molecular weight excluding hydrogens is 357 g/mol. The van der Waals surface area contributed by atoms with Crippen molar-refractivity contribution in [3.8, 4) is 5.75 Å². The van der Waals surface area contributed by atoms with E-state index in [9.17, 15) is 9.18 Å². The first-order chi connectivity index (χ1) is 13.4. The van der Waals surface area contributed by atoms with Crippen molar-refractivity contribution in [2.75, 3.05) is 18.6 Å². The molecule has 2 N–H and O–H groups in total. The molecule has 0 radical (unpaired) electrons. The van der Waals surface area contributed by atoms with E-state index < -0.39 is 0 Å². The van der Waals surface area contributed by atoms with Crippen LogP contribution in [0.4, 0.5) is 10.2 Å². The second-order valence-corrected chi connectivity index (χ2v) is 7.81. The second kappa shape index (κ2) is 8.42. The number of aromatic nitrogens is 2. The molecule has 6 heteroatoms. The summed E-state index contributed by atoms with van der Waals surface area (Å²) in [6.07, 6.45) is 1.15. The van der Waals surface area contributed by atoms with Crippen LogP contribution in [0.3, 0.4) is 0 Å². The van der Waals surface area contributed by atoms with Gasteiger partial charge in [-0.2, -0.15) is 5.10 Å². The zero-order valence-electron chi connectivity index (χ0n) is 16.5. The smallest absolute Gasteiger partial charge is 0.256 e. The molecule has 0 saturated carbocycles. The van der Waals surface area contributed by atoms with Crippen molar-refractivity contribution in [3.05, 3.63) is 53.6 Å². The summed E-state index contributed by atoms with van der Waals surface area (Å²) in [5, 5.41) is 10.7. The Morgan fingerprint density at radius 2 is 1.89 bits per heavy atom. The van der Waals surface area contributed by atoms with Crippen molar-refractivity contribution in [1.29, 1.82) is 0 Å². The molecule has 0 spiro atoms. The van der Waals surface area contributed by atoms with Crippen LogP contribution in [0.5, 0.6) is 5.75 Å². The third kappa shape index (κ3) is 4.68. The lowest BCUT2D eigenvalue weighted by Crippen LogP contribution is -2.14. The standard InChI is InChI=1S/C22H26FN3O2/c1-22(2,3)16-8-6-15(7-9-16)21(27)24-20-18-14-17(28-13-5-4-12-23)10-11-19(18)25-26-20/h6-11,14H,4-5,12-13H2,1-3H3,(H2,24,25,26,27). The molecule has 148 valence electrons. The first-order valence-corrected chi connectivity index (χ1v) is 9.47. The summed E-state index contributed by atoms with van der Waals surface area (Å²) < 4.78 is 17.8. The van der Waals surface area contributed by atoms with Gasteiger partial charge >= 0.3 is 0 Å². The summed E-state index contributed by atoms with van der Waals surface area (Å²) in [4.78, 5) is 12.6. The number of aromatic amines is 1. The molecule has 2 aromatic carbocycles. The van der Waals surface area contributed by atoms with Gasteiger partial charge in [0.25, 0.3) is 5.91 Å². The van der Waals surface area contributed by atoms with Gasteiger partial charge in [0.2, 0.25) is 0 Å². The number of fused-ring (bicyclic) bond motifs is 1. The summed E-state index contributed by atoms with van der Waals surface area (Å²) in [6, 6.07) is 13.1. The number of nitrogens with zero attached hydrogens (tertiary/aromatic N) is 1. The number of carbonyl (C=O) groups is 1.